The molecule has 0 saturated carbocycles. The Morgan fingerprint density at radius 2 is 1.42 bits per heavy atom. The fraction of sp³-hybridized carbons (Fsp3) is 0.478. The average molecular weight is 537 g/mol. The summed E-state index contributed by atoms with van der Waals surface area (Å²) in [6, 6.07) is 3.49. The van der Waals surface area contributed by atoms with Crippen molar-refractivity contribution in [2.75, 3.05) is 13.2 Å². The predicted octanol–water partition coefficient (Wildman–Crippen LogP) is -3.59. The van der Waals surface area contributed by atoms with E-state index in [-0.39, 0.29) is 44.6 Å². The van der Waals surface area contributed by atoms with Gasteiger partial charge in [0.2, 0.25) is 23.6 Å². The third-order valence-electron chi connectivity index (χ3n) is 5.32. The Hall–Kier alpha value is -4.24. The standard InChI is InChI=1S/C23H36N8O7/c24-14(12-32)19(34)29-15(7-4-10-28-23(26)27)20(35)31-17(11-13-5-2-1-3-6-13)21(36)30-16(22(37)38)8-9-18(25)33/h1-3,5-6,14-17,32H,4,7-12,24H2,(H2,25,33)(H,29,34)(H,30,36)(H,31,35)(H,37,38)(H4,26,27,28). The highest BCUT2D eigenvalue weighted by Crippen LogP contribution is 2.07. The van der Waals surface area contributed by atoms with E-state index in [0.717, 1.165) is 0 Å². The van der Waals surface area contributed by atoms with E-state index in [1.54, 1.807) is 30.3 Å². The van der Waals surface area contributed by atoms with E-state index >= 15 is 0 Å². The second-order valence-corrected chi connectivity index (χ2v) is 8.45. The number of amides is 4. The summed E-state index contributed by atoms with van der Waals surface area (Å²) in [6.45, 7) is -0.503. The molecule has 0 aromatic heterocycles. The van der Waals surface area contributed by atoms with Crippen molar-refractivity contribution in [2.24, 2.45) is 27.9 Å². The molecule has 0 spiro atoms. The lowest BCUT2D eigenvalue weighted by Crippen LogP contribution is -2.58. The van der Waals surface area contributed by atoms with Crippen LogP contribution in [-0.2, 0) is 30.4 Å². The smallest absolute Gasteiger partial charge is 0.326 e. The Morgan fingerprint density at radius 3 is 1.97 bits per heavy atom. The molecule has 0 aliphatic carbocycles. The van der Waals surface area contributed by atoms with Gasteiger partial charge in [0.15, 0.2) is 5.96 Å². The highest BCUT2D eigenvalue weighted by atomic mass is 16.4. The molecule has 1 rings (SSSR count). The van der Waals surface area contributed by atoms with E-state index in [0.29, 0.717) is 5.56 Å². The minimum absolute atomic E-state index is 0.00854. The summed E-state index contributed by atoms with van der Waals surface area (Å²) in [5.41, 5.74) is 21.9. The number of aliphatic carboxylic acids is 1. The fourth-order valence-corrected chi connectivity index (χ4v) is 3.28. The highest BCUT2D eigenvalue weighted by molar-refractivity contribution is 5.94. The maximum absolute atomic E-state index is 13.2. The number of primary amides is 1. The summed E-state index contributed by atoms with van der Waals surface area (Å²) in [7, 11) is 0. The summed E-state index contributed by atoms with van der Waals surface area (Å²) in [5, 5.41) is 25.9. The van der Waals surface area contributed by atoms with Crippen LogP contribution < -0.4 is 38.9 Å². The Balaban J connectivity index is 3.13. The lowest BCUT2D eigenvalue weighted by Gasteiger charge is -2.25. The Labute approximate surface area is 219 Å². The molecule has 0 aliphatic heterocycles. The SMILES string of the molecule is NC(=O)CCC(NC(=O)C(Cc1ccccc1)NC(=O)C(CCCN=C(N)N)NC(=O)C(N)CO)C(=O)O. The molecule has 0 heterocycles. The quantitative estimate of drug-likeness (QED) is 0.0535. The summed E-state index contributed by atoms with van der Waals surface area (Å²) in [4.78, 5) is 65.0. The van der Waals surface area contributed by atoms with Gasteiger partial charge in [0.25, 0.3) is 0 Å². The van der Waals surface area contributed by atoms with Crippen molar-refractivity contribution in [3.8, 4) is 0 Å². The maximum atomic E-state index is 13.2. The third kappa shape index (κ3) is 12.1. The molecule has 1 aromatic carbocycles. The zero-order chi connectivity index (χ0) is 28.7. The van der Waals surface area contributed by atoms with Gasteiger partial charge in [0.05, 0.1) is 6.61 Å². The summed E-state index contributed by atoms with van der Waals surface area (Å²) in [5.74, 6) is -4.64. The first kappa shape index (κ1) is 31.8. The van der Waals surface area contributed by atoms with Gasteiger partial charge >= 0.3 is 5.97 Å². The van der Waals surface area contributed by atoms with Gasteiger partial charge in [-0.3, -0.25) is 24.2 Å². The van der Waals surface area contributed by atoms with E-state index in [4.69, 9.17) is 28.0 Å². The Morgan fingerprint density at radius 1 is 0.842 bits per heavy atom. The van der Waals surface area contributed by atoms with Crippen molar-refractivity contribution in [3.05, 3.63) is 35.9 Å². The first-order chi connectivity index (χ1) is 17.9. The van der Waals surface area contributed by atoms with Crippen LogP contribution in [0, 0.1) is 0 Å². The molecule has 0 fully saturated rings. The predicted molar refractivity (Wildman–Crippen MR) is 137 cm³/mol. The molecule has 0 saturated heterocycles. The number of aliphatic imine (C=N–C) groups is 1. The molecule has 0 aliphatic rings. The molecule has 38 heavy (non-hydrogen) atoms. The van der Waals surface area contributed by atoms with Crippen molar-refractivity contribution >= 4 is 35.6 Å². The van der Waals surface area contributed by atoms with Gasteiger partial charge in [-0.05, 0) is 24.8 Å². The Bertz CT molecular complexity index is 985. The lowest BCUT2D eigenvalue weighted by atomic mass is 10.0. The van der Waals surface area contributed by atoms with Crippen LogP contribution in [-0.4, -0.2) is 83.1 Å². The van der Waals surface area contributed by atoms with E-state index in [1.807, 2.05) is 0 Å². The number of aliphatic hydroxyl groups excluding tert-OH is 1. The normalized spacial score (nSPS) is 13.7. The van der Waals surface area contributed by atoms with Crippen LogP contribution in [0.2, 0.25) is 0 Å². The number of nitrogens with one attached hydrogen (secondary N) is 3. The molecular weight excluding hydrogens is 500 g/mol. The number of aliphatic hydroxyl groups is 1. The number of rotatable bonds is 17. The molecule has 1 aromatic rings. The number of carbonyl (C=O) groups is 5. The number of carboxylic acid groups (broad SMARTS) is 1. The molecule has 0 radical (unpaired) electrons. The zero-order valence-corrected chi connectivity index (χ0v) is 20.8. The summed E-state index contributed by atoms with van der Waals surface area (Å²) in [6.07, 6.45) is -0.199. The van der Waals surface area contributed by atoms with Crippen molar-refractivity contribution in [1.82, 2.24) is 16.0 Å². The minimum atomic E-state index is -1.43. The Kier molecular flexibility index (Phi) is 13.8. The molecule has 0 bridgehead atoms. The third-order valence-corrected chi connectivity index (χ3v) is 5.32. The van der Waals surface area contributed by atoms with E-state index in [2.05, 4.69) is 20.9 Å². The molecule has 210 valence electrons. The van der Waals surface area contributed by atoms with Gasteiger partial charge in [-0.2, -0.15) is 0 Å². The van der Waals surface area contributed by atoms with E-state index in [1.165, 1.54) is 0 Å². The molecule has 4 amide bonds. The molecule has 13 N–H and O–H groups in total. The molecule has 4 unspecified atom stereocenters. The van der Waals surface area contributed by atoms with Crippen molar-refractivity contribution in [2.45, 2.75) is 56.3 Å². The van der Waals surface area contributed by atoms with Gasteiger partial charge in [-0.15, -0.1) is 0 Å². The van der Waals surface area contributed by atoms with Gasteiger partial charge in [0.1, 0.15) is 24.2 Å². The number of carboxylic acids is 1. The maximum Gasteiger partial charge on any atom is 0.326 e. The fourth-order valence-electron chi connectivity index (χ4n) is 3.28. The number of hydrogen-bond acceptors (Lipinski definition) is 8. The number of guanidine groups is 1. The van der Waals surface area contributed by atoms with Crippen LogP contribution in [0.1, 0.15) is 31.2 Å². The summed E-state index contributed by atoms with van der Waals surface area (Å²) < 4.78 is 0. The molecule has 4 atom stereocenters. The highest BCUT2D eigenvalue weighted by Gasteiger charge is 2.30. The van der Waals surface area contributed by atoms with Gasteiger partial charge < -0.3 is 49.1 Å². The number of benzene rings is 1. The monoisotopic (exact) mass is 536 g/mol. The van der Waals surface area contributed by atoms with Crippen molar-refractivity contribution < 1.29 is 34.2 Å². The lowest BCUT2D eigenvalue weighted by molar-refractivity contribution is -0.142. The largest absolute Gasteiger partial charge is 0.480 e. The van der Waals surface area contributed by atoms with Crippen LogP contribution in [0.15, 0.2) is 35.3 Å². The van der Waals surface area contributed by atoms with E-state index < -0.39 is 60.4 Å². The average Bonchev–Trinajstić information content (AvgIpc) is 2.87. The van der Waals surface area contributed by atoms with Crippen LogP contribution in [0.3, 0.4) is 0 Å². The second kappa shape index (κ2) is 16.5. The number of nitrogens with zero attached hydrogens (tertiary/aromatic N) is 1. The minimum Gasteiger partial charge on any atom is -0.480 e. The van der Waals surface area contributed by atoms with Crippen molar-refractivity contribution in [1.29, 1.82) is 0 Å². The van der Waals surface area contributed by atoms with Gasteiger partial charge in [-0.25, -0.2) is 4.79 Å². The number of carbonyl (C=O) groups excluding carboxylic acids is 4. The van der Waals surface area contributed by atoms with Crippen LogP contribution in [0.4, 0.5) is 0 Å². The van der Waals surface area contributed by atoms with Gasteiger partial charge in [0, 0.05) is 19.4 Å². The first-order valence-corrected chi connectivity index (χ1v) is 11.8. The molecular formula is C23H36N8O7. The van der Waals surface area contributed by atoms with Crippen LogP contribution in [0.5, 0.6) is 0 Å². The second-order valence-electron chi connectivity index (χ2n) is 8.45. The van der Waals surface area contributed by atoms with Gasteiger partial charge in [-0.1, -0.05) is 30.3 Å². The van der Waals surface area contributed by atoms with Crippen LogP contribution in [0.25, 0.3) is 0 Å². The van der Waals surface area contributed by atoms with E-state index in [9.17, 15) is 29.1 Å². The molecule has 15 nitrogen and oxygen atoms in total. The number of nitrogens with two attached hydrogens (primary N) is 4. The number of hydrogen-bond donors (Lipinski definition) is 9. The zero-order valence-electron chi connectivity index (χ0n) is 20.8. The first-order valence-electron chi connectivity index (χ1n) is 11.8. The van der Waals surface area contributed by atoms with Crippen molar-refractivity contribution in [3.63, 3.8) is 0 Å². The molecule has 15 heteroatoms. The topological polar surface area (TPSA) is 278 Å². The summed E-state index contributed by atoms with van der Waals surface area (Å²) >= 11 is 0. The van der Waals surface area contributed by atoms with Crippen LogP contribution >= 0.6 is 0 Å².